The average Bonchev–Trinajstić information content (AvgIpc) is 3.46. The first-order valence-corrected chi connectivity index (χ1v) is 12.4. The zero-order valence-electron chi connectivity index (χ0n) is 19.2. The summed E-state index contributed by atoms with van der Waals surface area (Å²) < 4.78 is 36.3. The van der Waals surface area contributed by atoms with Crippen molar-refractivity contribution in [1.29, 1.82) is 0 Å². The van der Waals surface area contributed by atoms with Crippen LogP contribution in [0.15, 0.2) is 48.5 Å². The summed E-state index contributed by atoms with van der Waals surface area (Å²) in [7, 11) is 0. The van der Waals surface area contributed by atoms with Crippen LogP contribution >= 0.6 is 11.3 Å². The molecule has 2 aliphatic heterocycles. The Balaban J connectivity index is 1.28. The molecule has 3 aromatic rings. The van der Waals surface area contributed by atoms with E-state index in [1.54, 1.807) is 0 Å². The van der Waals surface area contributed by atoms with Crippen LogP contribution in [0.3, 0.4) is 0 Å². The Bertz CT molecular complexity index is 1230. The van der Waals surface area contributed by atoms with E-state index in [-0.39, 0.29) is 53.9 Å². The molecule has 1 amide bonds. The van der Waals surface area contributed by atoms with Gasteiger partial charge in [0.15, 0.2) is 5.78 Å². The zero-order chi connectivity index (χ0) is 25.1. The number of fused-ring (bicyclic) bond motifs is 2. The molecule has 1 N–H and O–H groups in total. The highest BCUT2D eigenvalue weighted by atomic mass is 32.1. The summed E-state index contributed by atoms with van der Waals surface area (Å²) in [5, 5.41) is 12.1. The Hall–Kier alpha value is -3.28. The first-order chi connectivity index (χ1) is 17.4. The van der Waals surface area contributed by atoms with E-state index in [4.69, 9.17) is 4.74 Å². The van der Waals surface area contributed by atoms with Crippen LogP contribution in [-0.2, 0) is 16.0 Å². The molecule has 8 nitrogen and oxygen atoms in total. The molecular weight excluding hydrogens is 490 g/mol. The molecular formula is C25H24F2N4O4S. The number of carbonyl (C=O) groups excluding carboxylic acids is 2. The lowest BCUT2D eigenvalue weighted by Gasteiger charge is -2.31. The molecule has 2 fully saturated rings. The Morgan fingerprint density at radius 3 is 2.58 bits per heavy atom. The predicted molar refractivity (Wildman–Crippen MR) is 129 cm³/mol. The molecule has 1 aromatic heterocycles. The van der Waals surface area contributed by atoms with Crippen molar-refractivity contribution in [2.24, 2.45) is 0 Å². The van der Waals surface area contributed by atoms with Crippen molar-refractivity contribution in [3.05, 3.63) is 59.1 Å². The van der Waals surface area contributed by atoms with Crippen molar-refractivity contribution >= 4 is 28.7 Å². The van der Waals surface area contributed by atoms with Gasteiger partial charge in [-0.3, -0.25) is 14.5 Å². The number of aromatic nitrogens is 2. The number of hydrogen-bond donors (Lipinski definition) is 1. The molecule has 0 saturated carbocycles. The van der Waals surface area contributed by atoms with E-state index in [2.05, 4.69) is 20.3 Å². The Kier molecular flexibility index (Phi) is 7.30. The van der Waals surface area contributed by atoms with Crippen LogP contribution in [0.5, 0.6) is 5.75 Å². The van der Waals surface area contributed by atoms with E-state index in [9.17, 15) is 18.4 Å². The fraction of sp³-hybridized carbons (Fsp3) is 0.360. The van der Waals surface area contributed by atoms with Gasteiger partial charge in [0.1, 0.15) is 15.8 Å². The lowest BCUT2D eigenvalue weighted by molar-refractivity contribution is -0.119. The van der Waals surface area contributed by atoms with Gasteiger partial charge in [0.05, 0.1) is 30.9 Å². The summed E-state index contributed by atoms with van der Waals surface area (Å²) in [6, 6.07) is 13.5. The lowest BCUT2D eigenvalue weighted by Crippen LogP contribution is -2.45. The highest BCUT2D eigenvalue weighted by Crippen LogP contribution is 2.30. The van der Waals surface area contributed by atoms with E-state index < -0.39 is 6.61 Å². The fourth-order valence-corrected chi connectivity index (χ4v) is 5.33. The molecule has 0 radical (unpaired) electrons. The number of Topliss-reactive ketones (excluding diaryl/α,β-unsaturated/α-hetero) is 1. The topological polar surface area (TPSA) is 93.7 Å². The highest BCUT2D eigenvalue weighted by molar-refractivity contribution is 7.14. The number of likely N-dealkylation sites (tertiary alicyclic amines) is 1. The Morgan fingerprint density at radius 1 is 1.11 bits per heavy atom. The van der Waals surface area contributed by atoms with Crippen molar-refractivity contribution in [3.8, 4) is 16.3 Å². The molecule has 2 atom stereocenters. The van der Waals surface area contributed by atoms with Gasteiger partial charge in [0.2, 0.25) is 5.91 Å². The first-order valence-electron chi connectivity index (χ1n) is 11.6. The summed E-state index contributed by atoms with van der Waals surface area (Å²) in [6.07, 6.45) is 2.18. The van der Waals surface area contributed by atoms with Crippen LogP contribution in [0.1, 0.15) is 28.2 Å². The molecule has 36 heavy (non-hydrogen) atoms. The fourth-order valence-electron chi connectivity index (χ4n) is 4.48. The third kappa shape index (κ3) is 5.92. The molecule has 5 rings (SSSR count). The number of alkyl halides is 2. The lowest BCUT2D eigenvalue weighted by atomic mass is 10.1. The molecule has 2 bridgehead atoms. The highest BCUT2D eigenvalue weighted by Gasteiger charge is 2.34. The molecule has 2 aromatic carbocycles. The number of nitrogens with one attached hydrogen (secondary N) is 1. The van der Waals surface area contributed by atoms with Crippen molar-refractivity contribution in [2.45, 2.75) is 38.1 Å². The molecule has 11 heteroatoms. The van der Waals surface area contributed by atoms with Gasteiger partial charge in [0, 0.05) is 24.2 Å². The third-order valence-electron chi connectivity index (χ3n) is 6.08. The standard InChI is InChI=1S/C25H24F2N4O4S/c26-25(27)35-21-9-6-16(20(32)11-23-29-30-24(36-23)15-4-2-1-3-5-15)10-19(21)28-22(33)14-31-12-17-7-8-18(13-31)34-17/h1-6,9-10,17-18,25H,7-8,11-14H2,(H,28,33). The number of morpholine rings is 1. The van der Waals surface area contributed by atoms with E-state index in [0.29, 0.717) is 23.1 Å². The maximum absolute atomic E-state index is 13.0. The minimum absolute atomic E-state index is 0.0104. The number of benzene rings is 2. The number of ether oxygens (including phenoxy) is 2. The SMILES string of the molecule is O=C(CN1CC2CCC(C1)O2)Nc1cc(C(=O)Cc2nnc(-c3ccccc3)s2)ccc1OC(F)F. The quantitative estimate of drug-likeness (QED) is 0.431. The Labute approximate surface area is 210 Å². The van der Waals surface area contributed by atoms with E-state index in [0.717, 1.165) is 18.4 Å². The summed E-state index contributed by atoms with van der Waals surface area (Å²) in [6.45, 7) is -1.68. The number of anilines is 1. The van der Waals surface area contributed by atoms with Gasteiger partial charge >= 0.3 is 6.61 Å². The molecule has 2 aliphatic rings. The summed E-state index contributed by atoms with van der Waals surface area (Å²) in [5.41, 5.74) is 1.16. The number of hydrogen-bond acceptors (Lipinski definition) is 8. The number of rotatable bonds is 9. The molecule has 0 spiro atoms. The van der Waals surface area contributed by atoms with E-state index in [1.165, 1.54) is 29.5 Å². The van der Waals surface area contributed by atoms with Gasteiger partial charge in [-0.1, -0.05) is 41.7 Å². The first kappa shape index (κ1) is 24.4. The summed E-state index contributed by atoms with van der Waals surface area (Å²) in [5.74, 6) is -0.870. The van der Waals surface area contributed by atoms with Gasteiger partial charge in [-0.2, -0.15) is 8.78 Å². The maximum atomic E-state index is 13.0. The normalized spacial score (nSPS) is 19.4. The van der Waals surface area contributed by atoms with Gasteiger partial charge in [-0.25, -0.2) is 0 Å². The van der Waals surface area contributed by atoms with Crippen LogP contribution in [0.25, 0.3) is 10.6 Å². The number of ketones is 1. The second-order valence-electron chi connectivity index (χ2n) is 8.76. The van der Waals surface area contributed by atoms with E-state index >= 15 is 0 Å². The summed E-state index contributed by atoms with van der Waals surface area (Å²) >= 11 is 1.31. The van der Waals surface area contributed by atoms with Gasteiger partial charge < -0.3 is 14.8 Å². The molecule has 0 aliphatic carbocycles. The zero-order valence-corrected chi connectivity index (χ0v) is 20.0. The maximum Gasteiger partial charge on any atom is 0.387 e. The number of nitrogens with zero attached hydrogens (tertiary/aromatic N) is 3. The Morgan fingerprint density at radius 2 is 1.86 bits per heavy atom. The smallest absolute Gasteiger partial charge is 0.387 e. The third-order valence-corrected chi connectivity index (χ3v) is 7.05. The van der Waals surface area contributed by atoms with Crippen LogP contribution in [0, 0.1) is 0 Å². The second kappa shape index (κ2) is 10.8. The van der Waals surface area contributed by atoms with Crippen LogP contribution in [0.4, 0.5) is 14.5 Å². The van der Waals surface area contributed by atoms with Crippen LogP contribution in [0.2, 0.25) is 0 Å². The summed E-state index contributed by atoms with van der Waals surface area (Å²) in [4.78, 5) is 27.7. The van der Waals surface area contributed by atoms with Crippen molar-refractivity contribution < 1.29 is 27.8 Å². The number of halogens is 2. The van der Waals surface area contributed by atoms with Crippen LogP contribution < -0.4 is 10.1 Å². The van der Waals surface area contributed by atoms with Crippen LogP contribution in [-0.4, -0.2) is 65.2 Å². The van der Waals surface area contributed by atoms with E-state index in [1.807, 2.05) is 35.2 Å². The molecule has 2 unspecified atom stereocenters. The molecule has 188 valence electrons. The van der Waals surface area contributed by atoms with Gasteiger partial charge in [-0.15, -0.1) is 10.2 Å². The molecule has 2 saturated heterocycles. The van der Waals surface area contributed by atoms with Crippen molar-refractivity contribution in [2.75, 3.05) is 25.0 Å². The molecule has 3 heterocycles. The number of carbonyl (C=O) groups is 2. The minimum atomic E-state index is -3.07. The van der Waals surface area contributed by atoms with Gasteiger partial charge in [-0.05, 0) is 31.0 Å². The predicted octanol–water partition coefficient (Wildman–Crippen LogP) is 4.03. The van der Waals surface area contributed by atoms with Crippen molar-refractivity contribution in [3.63, 3.8) is 0 Å². The van der Waals surface area contributed by atoms with Crippen molar-refractivity contribution in [1.82, 2.24) is 15.1 Å². The van der Waals surface area contributed by atoms with Gasteiger partial charge in [0.25, 0.3) is 0 Å². The number of amides is 1. The largest absolute Gasteiger partial charge is 0.433 e. The minimum Gasteiger partial charge on any atom is -0.433 e. The second-order valence-corrected chi connectivity index (χ2v) is 9.82. The monoisotopic (exact) mass is 514 g/mol. The average molecular weight is 515 g/mol.